The van der Waals surface area contributed by atoms with Crippen LogP contribution in [-0.2, 0) is 18.9 Å². The molecule has 0 atom stereocenters. The lowest BCUT2D eigenvalue weighted by Gasteiger charge is -2.54. The molecule has 0 unspecified atom stereocenters. The number of aliphatic hydroxyl groups is 1. The maximum Gasteiger partial charge on any atom is 0.451 e. The Hall–Kier alpha value is -2.31. The second kappa shape index (κ2) is 9.10. The topological polar surface area (TPSA) is 121 Å². The molecule has 137 valence electrons. The van der Waals surface area contributed by atoms with Crippen molar-refractivity contribution in [2.75, 3.05) is 26.4 Å². The second-order valence-electron chi connectivity index (χ2n) is 3.97. The smallest absolute Gasteiger partial charge is 0.447 e. The van der Waals surface area contributed by atoms with Gasteiger partial charge in [0.2, 0.25) is 0 Å². The normalized spacial score (nSPS) is 14.5. The third kappa shape index (κ3) is 3.96. The van der Waals surface area contributed by atoms with Crippen molar-refractivity contribution >= 4 is 18.3 Å². The number of nitrogens with zero attached hydrogens (tertiary/aromatic N) is 4. The van der Waals surface area contributed by atoms with E-state index in [0.717, 1.165) is 0 Å². The summed E-state index contributed by atoms with van der Waals surface area (Å²) in [5, 5.41) is 12.1. The number of aliphatic hydroxyl groups excluding tert-OH is 1. The summed E-state index contributed by atoms with van der Waals surface area (Å²) in [4.78, 5) is 36.1. The van der Waals surface area contributed by atoms with Crippen LogP contribution in [0.5, 0.6) is 0 Å². The van der Waals surface area contributed by atoms with E-state index in [1.165, 1.54) is 0 Å². The molecule has 0 aliphatic carbocycles. The van der Waals surface area contributed by atoms with Crippen LogP contribution in [0.3, 0.4) is 0 Å². The number of amides is 3. The van der Waals surface area contributed by atoms with Crippen molar-refractivity contribution in [2.45, 2.75) is 27.7 Å². The summed E-state index contributed by atoms with van der Waals surface area (Å²) in [6, 6.07) is 0. The van der Waals surface area contributed by atoms with Crippen molar-refractivity contribution in [2.24, 2.45) is 0 Å². The highest BCUT2D eigenvalue weighted by molar-refractivity contribution is 5.79. The molecule has 0 spiro atoms. The number of carbonyl (C=O) groups is 3. The largest absolute Gasteiger partial charge is 0.451 e. The number of hydrazine groups is 4. The molecule has 1 radical (unpaired) electrons. The van der Waals surface area contributed by atoms with E-state index in [0.29, 0.717) is 20.5 Å². The molecule has 24 heavy (non-hydrogen) atoms. The minimum Gasteiger partial charge on any atom is -0.447 e. The lowest BCUT2D eigenvalue weighted by atomic mass is 10.8. The molecule has 0 bridgehead atoms. The SMILES string of the molecule is CCO[C](O)N1N(C(=O)OCC)N(C(=O)OCC)N1C(=O)OCC. The van der Waals surface area contributed by atoms with Gasteiger partial charge < -0.3 is 24.1 Å². The van der Waals surface area contributed by atoms with E-state index in [4.69, 9.17) is 18.9 Å². The zero-order valence-electron chi connectivity index (χ0n) is 13.9. The van der Waals surface area contributed by atoms with Gasteiger partial charge >= 0.3 is 24.7 Å². The standard InChI is InChI=1S/C12H21N4O8/c1-5-21-9(17)13-14(10(18)22-6-2)16(12(20)24-8-4)15(13)11(19)23-7-3/h17H,5-8H2,1-4H3. The Morgan fingerprint density at radius 2 is 0.917 bits per heavy atom. The average molecular weight is 349 g/mol. The fraction of sp³-hybridized carbons (Fsp3) is 0.667. The van der Waals surface area contributed by atoms with E-state index in [1.807, 2.05) is 0 Å². The van der Waals surface area contributed by atoms with Gasteiger partial charge in [0.05, 0.1) is 19.8 Å². The molecule has 0 aromatic rings. The highest BCUT2D eigenvalue weighted by Crippen LogP contribution is 2.31. The first kappa shape index (κ1) is 19.7. The van der Waals surface area contributed by atoms with Gasteiger partial charge in [-0.3, -0.25) is 0 Å². The van der Waals surface area contributed by atoms with Crippen molar-refractivity contribution in [3.8, 4) is 0 Å². The molecule has 3 amide bonds. The Kier molecular flexibility index (Phi) is 7.48. The predicted octanol–water partition coefficient (Wildman–Crippen LogP) is 1.19. The first-order chi connectivity index (χ1) is 11.4. The summed E-state index contributed by atoms with van der Waals surface area (Å²) in [7, 11) is 0. The van der Waals surface area contributed by atoms with Gasteiger partial charge in [-0.15, -0.1) is 0 Å². The zero-order valence-corrected chi connectivity index (χ0v) is 13.9. The average Bonchev–Trinajstić information content (AvgIpc) is 2.47. The monoisotopic (exact) mass is 349 g/mol. The van der Waals surface area contributed by atoms with Crippen LogP contribution in [0.15, 0.2) is 0 Å². The molecule has 1 aliphatic rings. The molecule has 1 rings (SSSR count). The van der Waals surface area contributed by atoms with E-state index in [1.54, 1.807) is 27.7 Å². The van der Waals surface area contributed by atoms with Crippen LogP contribution in [0.1, 0.15) is 27.7 Å². The summed E-state index contributed by atoms with van der Waals surface area (Å²) < 4.78 is 19.2. The van der Waals surface area contributed by atoms with Crippen LogP contribution in [0, 0.1) is 6.41 Å². The Bertz CT molecular complexity index is 436. The van der Waals surface area contributed by atoms with Crippen molar-refractivity contribution in [1.29, 1.82) is 0 Å². The lowest BCUT2D eigenvalue weighted by Crippen LogP contribution is -2.82. The van der Waals surface area contributed by atoms with Gasteiger partial charge in [-0.1, -0.05) is 15.4 Å². The molecular formula is C12H21N4O8. The highest BCUT2D eigenvalue weighted by atomic mass is 16.7. The summed E-state index contributed by atoms with van der Waals surface area (Å²) in [5.41, 5.74) is 0. The number of carbonyl (C=O) groups excluding carboxylic acids is 3. The van der Waals surface area contributed by atoms with Crippen LogP contribution in [0.4, 0.5) is 14.4 Å². The Balaban J connectivity index is 3.13. The Morgan fingerprint density at radius 1 is 0.625 bits per heavy atom. The molecule has 1 fully saturated rings. The van der Waals surface area contributed by atoms with Crippen molar-refractivity contribution < 1.29 is 38.4 Å². The molecule has 12 heteroatoms. The van der Waals surface area contributed by atoms with Gasteiger partial charge in [-0.25, -0.2) is 14.4 Å². The van der Waals surface area contributed by atoms with E-state index in [2.05, 4.69) is 0 Å². The minimum absolute atomic E-state index is 0.00532. The van der Waals surface area contributed by atoms with Crippen LogP contribution >= 0.6 is 0 Å². The molecule has 1 N–H and O–H groups in total. The van der Waals surface area contributed by atoms with Crippen molar-refractivity contribution in [3.05, 3.63) is 6.41 Å². The van der Waals surface area contributed by atoms with Crippen molar-refractivity contribution in [1.82, 2.24) is 20.5 Å². The van der Waals surface area contributed by atoms with Crippen LogP contribution < -0.4 is 0 Å². The lowest BCUT2D eigenvalue weighted by molar-refractivity contribution is -0.467. The van der Waals surface area contributed by atoms with Crippen LogP contribution in [0.2, 0.25) is 0 Å². The molecule has 0 aromatic carbocycles. The molecule has 1 aliphatic heterocycles. The summed E-state index contributed by atoms with van der Waals surface area (Å²) in [6.45, 7) is 6.23. The molecule has 0 aromatic heterocycles. The maximum absolute atomic E-state index is 12.0. The second-order valence-corrected chi connectivity index (χ2v) is 3.97. The molecule has 0 saturated carbocycles. The minimum atomic E-state index is -1.06. The van der Waals surface area contributed by atoms with E-state index in [-0.39, 0.29) is 26.4 Å². The van der Waals surface area contributed by atoms with Gasteiger partial charge in [-0.05, 0) is 32.8 Å². The van der Waals surface area contributed by atoms with E-state index < -0.39 is 24.7 Å². The van der Waals surface area contributed by atoms with E-state index in [9.17, 15) is 19.5 Å². The first-order valence-corrected chi connectivity index (χ1v) is 7.33. The fourth-order valence-corrected chi connectivity index (χ4v) is 1.65. The first-order valence-electron chi connectivity index (χ1n) is 7.33. The van der Waals surface area contributed by atoms with Gasteiger partial charge in [0, 0.05) is 6.61 Å². The fourth-order valence-electron chi connectivity index (χ4n) is 1.65. The predicted molar refractivity (Wildman–Crippen MR) is 75.2 cm³/mol. The summed E-state index contributed by atoms with van der Waals surface area (Å²) >= 11 is 0. The number of ether oxygens (including phenoxy) is 4. The maximum atomic E-state index is 12.0. The zero-order chi connectivity index (χ0) is 18.3. The van der Waals surface area contributed by atoms with E-state index >= 15 is 0 Å². The third-order valence-electron chi connectivity index (χ3n) is 2.46. The van der Waals surface area contributed by atoms with Gasteiger partial charge in [-0.2, -0.15) is 0 Å². The molecule has 12 nitrogen and oxygen atoms in total. The molecule has 1 heterocycles. The third-order valence-corrected chi connectivity index (χ3v) is 2.46. The Labute approximate surface area is 138 Å². The number of hydrogen-bond acceptors (Lipinski definition) is 9. The number of rotatable bonds is 6. The quantitative estimate of drug-likeness (QED) is 0.705. The van der Waals surface area contributed by atoms with Gasteiger partial charge in [0.15, 0.2) is 0 Å². The molecule has 1 saturated heterocycles. The highest BCUT2D eigenvalue weighted by Gasteiger charge is 2.59. The Morgan fingerprint density at radius 3 is 1.21 bits per heavy atom. The molecular weight excluding hydrogens is 328 g/mol. The van der Waals surface area contributed by atoms with Crippen LogP contribution in [-0.4, -0.2) is 70.3 Å². The number of hydrogen-bond donors (Lipinski definition) is 1. The van der Waals surface area contributed by atoms with Crippen LogP contribution in [0.25, 0.3) is 0 Å². The van der Waals surface area contributed by atoms with Gasteiger partial charge in [0.1, 0.15) is 0 Å². The summed E-state index contributed by atoms with van der Waals surface area (Å²) in [6.07, 6.45) is -3.98. The summed E-state index contributed by atoms with van der Waals surface area (Å²) in [5.74, 6) is 0. The van der Waals surface area contributed by atoms with Crippen molar-refractivity contribution in [3.63, 3.8) is 0 Å². The van der Waals surface area contributed by atoms with Gasteiger partial charge in [0.25, 0.3) is 0 Å².